The molecular weight excluding hydrogens is 411 g/mol. The predicted octanol–water partition coefficient (Wildman–Crippen LogP) is 4.51. The van der Waals surface area contributed by atoms with Gasteiger partial charge in [0.05, 0.1) is 13.7 Å². The van der Waals surface area contributed by atoms with Gasteiger partial charge in [0, 0.05) is 0 Å². The van der Waals surface area contributed by atoms with E-state index in [1.165, 1.54) is 24.3 Å². The molecule has 0 bridgehead atoms. The molecule has 32 heavy (non-hydrogen) atoms. The highest BCUT2D eigenvalue weighted by Gasteiger charge is 2.33. The number of nitrogens with one attached hydrogen (secondary N) is 1. The third kappa shape index (κ3) is 4.78. The first kappa shape index (κ1) is 21.1. The van der Waals surface area contributed by atoms with Crippen molar-refractivity contribution in [2.24, 2.45) is 0 Å². The minimum Gasteiger partial charge on any atom is -0.493 e. The van der Waals surface area contributed by atoms with Crippen LogP contribution in [0.2, 0.25) is 0 Å². The molecule has 1 saturated heterocycles. The Balaban J connectivity index is 1.51. The van der Waals surface area contributed by atoms with Gasteiger partial charge >= 0.3 is 6.03 Å². The van der Waals surface area contributed by atoms with E-state index in [0.29, 0.717) is 29.2 Å². The lowest BCUT2D eigenvalue weighted by molar-refractivity contribution is -0.123. The van der Waals surface area contributed by atoms with Crippen molar-refractivity contribution in [1.82, 2.24) is 10.2 Å². The van der Waals surface area contributed by atoms with Crippen LogP contribution in [0.1, 0.15) is 16.7 Å². The second kappa shape index (κ2) is 9.34. The van der Waals surface area contributed by atoms with Crippen molar-refractivity contribution in [2.45, 2.75) is 13.2 Å². The molecule has 1 heterocycles. The highest BCUT2D eigenvalue weighted by Crippen LogP contribution is 2.30. The number of ether oxygens (including phenoxy) is 2. The van der Waals surface area contributed by atoms with Gasteiger partial charge in [-0.3, -0.25) is 9.69 Å². The molecule has 4 rings (SSSR count). The molecule has 3 aromatic rings. The summed E-state index contributed by atoms with van der Waals surface area (Å²) in [6.07, 6.45) is 1.58. The number of benzene rings is 3. The first-order chi connectivity index (χ1) is 15.5. The van der Waals surface area contributed by atoms with E-state index in [1.807, 2.05) is 30.3 Å². The first-order valence-electron chi connectivity index (χ1n) is 9.97. The van der Waals surface area contributed by atoms with Crippen molar-refractivity contribution in [2.75, 3.05) is 7.11 Å². The molecule has 1 aliphatic heterocycles. The number of rotatable bonds is 7. The molecule has 0 spiro atoms. The fraction of sp³-hybridized carbons (Fsp3) is 0.120. The second-order valence-electron chi connectivity index (χ2n) is 7.19. The van der Waals surface area contributed by atoms with E-state index in [0.717, 1.165) is 10.5 Å². The number of hydrogen-bond acceptors (Lipinski definition) is 4. The highest BCUT2D eigenvalue weighted by molar-refractivity contribution is 6.13. The van der Waals surface area contributed by atoms with Crippen LogP contribution < -0.4 is 14.8 Å². The quantitative estimate of drug-likeness (QED) is 0.441. The van der Waals surface area contributed by atoms with Crippen LogP contribution in [-0.4, -0.2) is 23.9 Å². The van der Waals surface area contributed by atoms with E-state index < -0.39 is 11.9 Å². The Morgan fingerprint density at radius 1 is 0.938 bits per heavy atom. The predicted molar refractivity (Wildman–Crippen MR) is 117 cm³/mol. The van der Waals surface area contributed by atoms with Gasteiger partial charge in [0.25, 0.3) is 5.91 Å². The Morgan fingerprint density at radius 3 is 2.41 bits per heavy atom. The number of carbonyl (C=O) groups excluding carboxylic acids is 2. The largest absolute Gasteiger partial charge is 0.493 e. The topological polar surface area (TPSA) is 67.9 Å². The van der Waals surface area contributed by atoms with Gasteiger partial charge < -0.3 is 14.8 Å². The Morgan fingerprint density at radius 2 is 1.69 bits per heavy atom. The molecule has 0 atom stereocenters. The van der Waals surface area contributed by atoms with Gasteiger partial charge in [0.15, 0.2) is 11.5 Å². The lowest BCUT2D eigenvalue weighted by Gasteiger charge is -2.12. The highest BCUT2D eigenvalue weighted by atomic mass is 19.1. The Labute approximate surface area is 184 Å². The zero-order chi connectivity index (χ0) is 22.5. The zero-order valence-electron chi connectivity index (χ0n) is 17.4. The van der Waals surface area contributed by atoms with Crippen LogP contribution in [-0.2, 0) is 17.9 Å². The summed E-state index contributed by atoms with van der Waals surface area (Å²) in [7, 11) is 1.55. The molecule has 1 fully saturated rings. The van der Waals surface area contributed by atoms with E-state index >= 15 is 0 Å². The molecule has 162 valence electrons. The Hall–Kier alpha value is -4.13. The average Bonchev–Trinajstić information content (AvgIpc) is 3.07. The molecule has 0 unspecified atom stereocenters. The van der Waals surface area contributed by atoms with Crippen molar-refractivity contribution in [3.05, 3.63) is 101 Å². The van der Waals surface area contributed by atoms with Crippen LogP contribution in [0.4, 0.5) is 9.18 Å². The molecule has 0 radical (unpaired) electrons. The fourth-order valence-corrected chi connectivity index (χ4v) is 3.29. The van der Waals surface area contributed by atoms with Gasteiger partial charge in [-0.05, 0) is 47.0 Å². The van der Waals surface area contributed by atoms with Crippen molar-refractivity contribution < 1.29 is 23.5 Å². The summed E-state index contributed by atoms with van der Waals surface area (Å²) in [4.78, 5) is 26.2. The normalized spacial score (nSPS) is 14.6. The number of imide groups is 1. The summed E-state index contributed by atoms with van der Waals surface area (Å²) in [5.74, 6) is 0.242. The molecule has 3 amide bonds. The molecule has 3 aromatic carbocycles. The first-order valence-corrected chi connectivity index (χ1v) is 9.97. The molecule has 0 saturated carbocycles. The zero-order valence-corrected chi connectivity index (χ0v) is 17.4. The fourth-order valence-electron chi connectivity index (χ4n) is 3.29. The lowest BCUT2D eigenvalue weighted by atomic mass is 10.1. The lowest BCUT2D eigenvalue weighted by Crippen LogP contribution is -2.30. The number of hydrogen-bond donors (Lipinski definition) is 1. The number of amides is 3. The summed E-state index contributed by atoms with van der Waals surface area (Å²) in [5, 5.41) is 2.59. The smallest absolute Gasteiger partial charge is 0.329 e. The average molecular weight is 432 g/mol. The van der Waals surface area contributed by atoms with E-state index in [-0.39, 0.29) is 18.1 Å². The minimum absolute atomic E-state index is 0.0519. The van der Waals surface area contributed by atoms with Crippen LogP contribution in [0, 0.1) is 5.82 Å². The monoisotopic (exact) mass is 432 g/mol. The molecule has 6 nitrogen and oxygen atoms in total. The van der Waals surface area contributed by atoms with E-state index in [2.05, 4.69) is 5.32 Å². The van der Waals surface area contributed by atoms with Crippen molar-refractivity contribution >= 4 is 18.0 Å². The molecule has 1 N–H and O–H groups in total. The van der Waals surface area contributed by atoms with Crippen LogP contribution >= 0.6 is 0 Å². The second-order valence-corrected chi connectivity index (χ2v) is 7.19. The van der Waals surface area contributed by atoms with Gasteiger partial charge in [0.2, 0.25) is 0 Å². The molecule has 0 aliphatic carbocycles. The third-order valence-electron chi connectivity index (χ3n) is 4.95. The molecule has 1 aliphatic rings. The Kier molecular flexibility index (Phi) is 6.17. The van der Waals surface area contributed by atoms with Crippen molar-refractivity contribution in [3.8, 4) is 11.5 Å². The molecular formula is C25H21FN2O4. The van der Waals surface area contributed by atoms with Gasteiger partial charge in [-0.2, -0.15) is 0 Å². The maximum absolute atomic E-state index is 13.1. The number of urea groups is 1. The third-order valence-corrected chi connectivity index (χ3v) is 4.95. The maximum Gasteiger partial charge on any atom is 0.329 e. The number of nitrogens with zero attached hydrogens (tertiary/aromatic N) is 1. The van der Waals surface area contributed by atoms with Crippen LogP contribution in [0.5, 0.6) is 11.5 Å². The van der Waals surface area contributed by atoms with Crippen LogP contribution in [0.15, 0.2) is 78.5 Å². The summed E-state index contributed by atoms with van der Waals surface area (Å²) >= 11 is 0. The van der Waals surface area contributed by atoms with Crippen LogP contribution in [0.25, 0.3) is 6.08 Å². The van der Waals surface area contributed by atoms with E-state index in [9.17, 15) is 14.0 Å². The summed E-state index contributed by atoms with van der Waals surface area (Å²) in [5.41, 5.74) is 2.47. The number of halogens is 1. The number of methoxy groups -OCH3 is 1. The molecule has 7 heteroatoms. The van der Waals surface area contributed by atoms with E-state index in [1.54, 1.807) is 31.4 Å². The SMILES string of the molecule is COc1ccc(C=C2NC(=O)N(Cc3ccc(F)cc3)C2=O)cc1OCc1ccccc1. The summed E-state index contributed by atoms with van der Waals surface area (Å²) in [6, 6.07) is 20.1. The minimum atomic E-state index is -0.528. The van der Waals surface area contributed by atoms with Gasteiger partial charge in [0.1, 0.15) is 18.1 Å². The van der Waals surface area contributed by atoms with E-state index in [4.69, 9.17) is 9.47 Å². The van der Waals surface area contributed by atoms with Gasteiger partial charge in [-0.1, -0.05) is 48.5 Å². The number of carbonyl (C=O) groups is 2. The van der Waals surface area contributed by atoms with Crippen LogP contribution in [0.3, 0.4) is 0 Å². The maximum atomic E-state index is 13.1. The van der Waals surface area contributed by atoms with Crippen molar-refractivity contribution in [3.63, 3.8) is 0 Å². The van der Waals surface area contributed by atoms with Gasteiger partial charge in [-0.15, -0.1) is 0 Å². The van der Waals surface area contributed by atoms with Gasteiger partial charge in [-0.25, -0.2) is 9.18 Å². The summed E-state index contributed by atoms with van der Waals surface area (Å²) < 4.78 is 24.4. The Bertz CT molecular complexity index is 1160. The summed E-state index contributed by atoms with van der Waals surface area (Å²) in [6.45, 7) is 0.411. The molecule has 0 aromatic heterocycles. The van der Waals surface area contributed by atoms with Crippen molar-refractivity contribution in [1.29, 1.82) is 0 Å². The standard InChI is InChI=1S/C25H21FN2O4/c1-31-22-12-9-19(14-23(22)32-16-18-5-3-2-4-6-18)13-21-24(29)28(25(30)27-21)15-17-7-10-20(26)11-8-17/h2-14H,15-16H2,1H3,(H,27,30).